The maximum absolute atomic E-state index is 12.5. The number of rotatable bonds is 7. The van der Waals surface area contributed by atoms with E-state index < -0.39 is 0 Å². The minimum Gasteiger partial charge on any atom is -0.493 e. The van der Waals surface area contributed by atoms with Crippen molar-refractivity contribution in [3.8, 4) is 17.2 Å². The number of thioether (sulfide) groups is 1. The molecule has 0 saturated heterocycles. The van der Waals surface area contributed by atoms with E-state index in [1.165, 1.54) is 33.1 Å². The molecular weight excluding hydrogens is 392 g/mol. The molecule has 0 fully saturated rings. The largest absolute Gasteiger partial charge is 0.493 e. The Hall–Kier alpha value is -2.87. The number of benzene rings is 2. The predicted molar refractivity (Wildman–Crippen MR) is 114 cm³/mol. The van der Waals surface area contributed by atoms with Crippen molar-refractivity contribution >= 4 is 35.0 Å². The number of carbonyl (C=O) groups excluding carboxylic acids is 2. The zero-order valence-electron chi connectivity index (χ0n) is 16.6. The molecule has 1 aliphatic rings. The molecule has 1 atom stereocenters. The fraction of sp³-hybridized carbons (Fsp3) is 0.333. The van der Waals surface area contributed by atoms with Crippen molar-refractivity contribution in [2.24, 2.45) is 0 Å². The minimum atomic E-state index is -0.284. The second-order valence-electron chi connectivity index (χ2n) is 6.45. The first kappa shape index (κ1) is 20.9. The average Bonchev–Trinajstić information content (AvgIpc) is 2.89. The van der Waals surface area contributed by atoms with Crippen LogP contribution in [0.4, 0.5) is 11.4 Å². The van der Waals surface area contributed by atoms with Gasteiger partial charge in [0.1, 0.15) is 0 Å². The molecule has 0 saturated carbocycles. The zero-order chi connectivity index (χ0) is 20.8. The molecule has 1 heterocycles. The van der Waals surface area contributed by atoms with E-state index in [0.29, 0.717) is 29.4 Å². The summed E-state index contributed by atoms with van der Waals surface area (Å²) in [6, 6.07) is 11.1. The summed E-state index contributed by atoms with van der Waals surface area (Å²) in [5, 5.41) is 5.49. The fourth-order valence-corrected chi connectivity index (χ4v) is 4.10. The molecule has 2 N–H and O–H groups in total. The van der Waals surface area contributed by atoms with Gasteiger partial charge in [-0.15, -0.1) is 11.8 Å². The normalized spacial score (nSPS) is 15.6. The minimum absolute atomic E-state index is 0.0689. The Morgan fingerprint density at radius 3 is 2.48 bits per heavy atom. The van der Waals surface area contributed by atoms with Gasteiger partial charge in [0.15, 0.2) is 11.5 Å². The van der Waals surface area contributed by atoms with E-state index in [4.69, 9.17) is 14.2 Å². The van der Waals surface area contributed by atoms with Crippen LogP contribution in [0.5, 0.6) is 17.2 Å². The number of methoxy groups -OCH3 is 3. The van der Waals surface area contributed by atoms with E-state index >= 15 is 0 Å². The number of hydrogen-bond acceptors (Lipinski definition) is 6. The number of amides is 2. The van der Waals surface area contributed by atoms with Crippen molar-refractivity contribution in [1.29, 1.82) is 0 Å². The van der Waals surface area contributed by atoms with Gasteiger partial charge in [0, 0.05) is 23.5 Å². The number of ether oxygens (including phenoxy) is 3. The van der Waals surface area contributed by atoms with Crippen LogP contribution >= 0.6 is 11.8 Å². The Kier molecular flexibility index (Phi) is 6.87. The summed E-state index contributed by atoms with van der Waals surface area (Å²) in [6.07, 6.45) is 1.48. The van der Waals surface area contributed by atoms with Crippen LogP contribution in [0.3, 0.4) is 0 Å². The number of hydrogen-bond donors (Lipinski definition) is 2. The van der Waals surface area contributed by atoms with E-state index in [1.54, 1.807) is 12.1 Å². The molecule has 0 unspecified atom stereocenters. The maximum atomic E-state index is 12.5. The Labute approximate surface area is 174 Å². The summed E-state index contributed by atoms with van der Waals surface area (Å²) in [6.45, 7) is 0. The Morgan fingerprint density at radius 2 is 1.83 bits per heavy atom. The van der Waals surface area contributed by atoms with Crippen LogP contribution in [-0.4, -0.2) is 44.1 Å². The van der Waals surface area contributed by atoms with Gasteiger partial charge in [-0.2, -0.15) is 0 Å². The lowest BCUT2D eigenvalue weighted by atomic mass is 10.1. The van der Waals surface area contributed by atoms with Crippen molar-refractivity contribution in [2.75, 3.05) is 37.7 Å². The van der Waals surface area contributed by atoms with Gasteiger partial charge >= 0.3 is 0 Å². The highest BCUT2D eigenvalue weighted by Crippen LogP contribution is 2.40. The van der Waals surface area contributed by atoms with Crippen LogP contribution in [-0.2, 0) is 16.0 Å². The maximum Gasteiger partial charge on any atom is 0.237 e. The molecule has 0 aromatic heterocycles. The lowest BCUT2D eigenvalue weighted by Gasteiger charge is -2.15. The van der Waals surface area contributed by atoms with Crippen molar-refractivity contribution < 1.29 is 23.8 Å². The first-order valence-electron chi connectivity index (χ1n) is 9.16. The molecule has 1 aliphatic heterocycles. The summed E-state index contributed by atoms with van der Waals surface area (Å²) in [4.78, 5) is 24.9. The van der Waals surface area contributed by atoms with Gasteiger partial charge in [0.25, 0.3) is 0 Å². The van der Waals surface area contributed by atoms with Gasteiger partial charge < -0.3 is 24.8 Å². The smallest absolute Gasteiger partial charge is 0.237 e. The molecule has 154 valence electrons. The average molecular weight is 416 g/mol. The highest BCUT2D eigenvalue weighted by molar-refractivity contribution is 8.01. The standard InChI is InChI=1S/C21H24N2O5S/c1-26-16-10-14(11-17(27-2)20(16)28-3)22-19(24)12-29-18-9-8-13-6-4-5-7-15(13)23-21(18)25/h4-7,10-11,18H,8-9,12H2,1-3H3,(H,22,24)(H,23,25)/t18-/m0/s1. The Morgan fingerprint density at radius 1 is 1.14 bits per heavy atom. The monoisotopic (exact) mass is 416 g/mol. The summed E-state index contributed by atoms with van der Waals surface area (Å²) >= 11 is 1.33. The van der Waals surface area contributed by atoms with Gasteiger partial charge in [0.05, 0.1) is 32.3 Å². The fourth-order valence-electron chi connectivity index (χ4n) is 3.18. The lowest BCUT2D eigenvalue weighted by molar-refractivity contribution is -0.115. The second kappa shape index (κ2) is 9.56. The number of fused-ring (bicyclic) bond motifs is 1. The van der Waals surface area contributed by atoms with Crippen LogP contribution in [0.15, 0.2) is 36.4 Å². The van der Waals surface area contributed by atoms with Crippen LogP contribution in [0, 0.1) is 0 Å². The summed E-state index contributed by atoms with van der Waals surface area (Å²) in [5.41, 5.74) is 2.50. The SMILES string of the molecule is COc1cc(NC(=O)CS[C@H]2CCc3ccccc3NC2=O)cc(OC)c1OC. The van der Waals surface area contributed by atoms with Gasteiger partial charge in [-0.25, -0.2) is 0 Å². The van der Waals surface area contributed by atoms with Crippen LogP contribution in [0.1, 0.15) is 12.0 Å². The third-order valence-electron chi connectivity index (χ3n) is 4.61. The van der Waals surface area contributed by atoms with E-state index in [-0.39, 0.29) is 22.8 Å². The van der Waals surface area contributed by atoms with E-state index in [1.807, 2.05) is 24.3 Å². The molecule has 7 nitrogen and oxygen atoms in total. The molecule has 2 amide bonds. The molecule has 0 aliphatic carbocycles. The van der Waals surface area contributed by atoms with Crippen LogP contribution in [0.25, 0.3) is 0 Å². The number of anilines is 2. The van der Waals surface area contributed by atoms with Crippen LogP contribution in [0.2, 0.25) is 0 Å². The van der Waals surface area contributed by atoms with Crippen molar-refractivity contribution in [3.05, 3.63) is 42.0 Å². The van der Waals surface area contributed by atoms with Crippen molar-refractivity contribution in [2.45, 2.75) is 18.1 Å². The molecule has 2 aromatic rings. The van der Waals surface area contributed by atoms with Gasteiger partial charge in [0.2, 0.25) is 17.6 Å². The molecule has 2 aromatic carbocycles. The molecule has 3 rings (SSSR count). The Balaban J connectivity index is 1.61. The van der Waals surface area contributed by atoms with E-state index in [0.717, 1.165) is 17.7 Å². The van der Waals surface area contributed by atoms with E-state index in [2.05, 4.69) is 10.6 Å². The van der Waals surface area contributed by atoms with Crippen molar-refractivity contribution in [3.63, 3.8) is 0 Å². The quantitative estimate of drug-likeness (QED) is 0.720. The molecule has 0 spiro atoms. The van der Waals surface area contributed by atoms with E-state index in [9.17, 15) is 9.59 Å². The van der Waals surface area contributed by atoms with Gasteiger partial charge in [-0.1, -0.05) is 18.2 Å². The topological polar surface area (TPSA) is 85.9 Å². The first-order chi connectivity index (χ1) is 14.0. The molecule has 0 radical (unpaired) electrons. The summed E-state index contributed by atoms with van der Waals surface area (Å²) in [5.74, 6) is 1.24. The Bertz CT molecular complexity index is 877. The summed E-state index contributed by atoms with van der Waals surface area (Å²) in [7, 11) is 4.55. The number of nitrogens with one attached hydrogen (secondary N) is 2. The lowest BCUT2D eigenvalue weighted by Crippen LogP contribution is -2.26. The van der Waals surface area contributed by atoms with Crippen LogP contribution < -0.4 is 24.8 Å². The number of aryl methyl sites for hydroxylation is 1. The molecule has 29 heavy (non-hydrogen) atoms. The molecule has 0 bridgehead atoms. The third kappa shape index (κ3) is 4.95. The molecule has 8 heteroatoms. The highest BCUT2D eigenvalue weighted by Gasteiger charge is 2.24. The summed E-state index contributed by atoms with van der Waals surface area (Å²) < 4.78 is 15.9. The van der Waals surface area contributed by atoms with Crippen molar-refractivity contribution in [1.82, 2.24) is 0 Å². The first-order valence-corrected chi connectivity index (χ1v) is 10.2. The second-order valence-corrected chi connectivity index (χ2v) is 7.64. The third-order valence-corrected chi connectivity index (χ3v) is 5.89. The van der Waals surface area contributed by atoms with Gasteiger partial charge in [-0.05, 0) is 24.5 Å². The molecular formula is C21H24N2O5S. The predicted octanol–water partition coefficient (Wildman–Crippen LogP) is 3.34. The van der Waals surface area contributed by atoms with Gasteiger partial charge in [-0.3, -0.25) is 9.59 Å². The number of para-hydroxylation sites is 1. The number of carbonyl (C=O) groups is 2. The zero-order valence-corrected chi connectivity index (χ0v) is 17.4. The highest BCUT2D eigenvalue weighted by atomic mass is 32.2.